The quantitative estimate of drug-likeness (QED) is 0.420. The number of hydrogen-bond donors (Lipinski definition) is 0. The third-order valence-corrected chi connectivity index (χ3v) is 7.61. The van der Waals surface area contributed by atoms with Crippen molar-refractivity contribution in [2.45, 2.75) is 78.2 Å². The average molecular weight is 463 g/mol. The molecule has 180 valence electrons. The van der Waals surface area contributed by atoms with Crippen molar-refractivity contribution in [1.29, 1.82) is 0 Å². The van der Waals surface area contributed by atoms with Crippen LogP contribution in [0.4, 0.5) is 0 Å². The lowest BCUT2D eigenvalue weighted by Gasteiger charge is -2.66. The lowest BCUT2D eigenvalue weighted by atomic mass is 9.35. The molecule has 0 N–H and O–H groups in total. The molecule has 0 saturated heterocycles. The first-order valence-electron chi connectivity index (χ1n) is 12.0. The molecular formula is C29H34O5. The summed E-state index contributed by atoms with van der Waals surface area (Å²) < 4.78 is 17.8. The molecule has 1 aliphatic carbocycles. The molecular weight excluding hydrogens is 428 g/mol. The van der Waals surface area contributed by atoms with Crippen LogP contribution < -0.4 is 14.2 Å². The fraction of sp³-hybridized carbons (Fsp3) is 0.517. The molecule has 0 amide bonds. The number of hydrogen-bond acceptors (Lipinski definition) is 5. The Balaban J connectivity index is 1.58. The monoisotopic (exact) mass is 462 g/mol. The van der Waals surface area contributed by atoms with Crippen LogP contribution in [0, 0.1) is 17.3 Å². The Bertz CT molecular complexity index is 1110. The number of ether oxygens (including phenoxy) is 3. The Morgan fingerprint density at radius 2 is 1.29 bits per heavy atom. The molecule has 0 radical (unpaired) electrons. The van der Waals surface area contributed by atoms with Crippen LogP contribution in [0.5, 0.6) is 17.2 Å². The molecule has 2 aromatic carbocycles. The number of benzene rings is 2. The van der Waals surface area contributed by atoms with E-state index in [4.69, 9.17) is 14.2 Å². The Morgan fingerprint density at radius 1 is 0.794 bits per heavy atom. The van der Waals surface area contributed by atoms with Gasteiger partial charge in [-0.2, -0.15) is 0 Å². The number of carbonyl (C=O) groups is 2. The highest BCUT2D eigenvalue weighted by Crippen LogP contribution is 2.70. The first kappa shape index (κ1) is 22.9. The van der Waals surface area contributed by atoms with Crippen molar-refractivity contribution in [2.75, 3.05) is 0 Å². The molecule has 2 aliphatic heterocycles. The van der Waals surface area contributed by atoms with Crippen molar-refractivity contribution in [3.05, 3.63) is 53.1 Å². The number of fused-ring (bicyclic) bond motifs is 8. The van der Waals surface area contributed by atoms with Gasteiger partial charge in [0.05, 0.1) is 11.8 Å². The predicted molar refractivity (Wildman–Crippen MR) is 129 cm³/mol. The van der Waals surface area contributed by atoms with Crippen molar-refractivity contribution in [1.82, 2.24) is 0 Å². The van der Waals surface area contributed by atoms with Gasteiger partial charge in [0.1, 0.15) is 22.8 Å². The van der Waals surface area contributed by atoms with Crippen LogP contribution in [0.15, 0.2) is 36.4 Å². The summed E-state index contributed by atoms with van der Waals surface area (Å²) in [4.78, 5) is 26.9. The Hall–Kier alpha value is -2.82. The summed E-state index contributed by atoms with van der Waals surface area (Å²) in [7, 11) is 0. The molecule has 2 heterocycles. The van der Waals surface area contributed by atoms with Crippen LogP contribution in [0.2, 0.25) is 0 Å². The molecule has 5 rings (SSSR count). The van der Waals surface area contributed by atoms with E-state index >= 15 is 0 Å². The van der Waals surface area contributed by atoms with Gasteiger partial charge in [-0.25, -0.2) is 0 Å². The fourth-order valence-corrected chi connectivity index (χ4v) is 6.69. The summed E-state index contributed by atoms with van der Waals surface area (Å²) in [5.74, 6) is 0.121. The maximum absolute atomic E-state index is 13.5. The molecule has 1 saturated carbocycles. The summed E-state index contributed by atoms with van der Waals surface area (Å²) in [6.45, 7) is 16.5. The topological polar surface area (TPSA) is 61.8 Å². The van der Waals surface area contributed by atoms with Gasteiger partial charge in [-0.05, 0) is 50.3 Å². The smallest absolute Gasteiger partial charge is 0.316 e. The molecule has 1 fully saturated rings. The van der Waals surface area contributed by atoms with Crippen LogP contribution in [0.25, 0.3) is 0 Å². The summed E-state index contributed by atoms with van der Waals surface area (Å²) in [5, 5.41) is 0. The Labute approximate surface area is 201 Å². The van der Waals surface area contributed by atoms with Gasteiger partial charge in [0.15, 0.2) is 0 Å². The molecule has 5 nitrogen and oxygen atoms in total. The molecule has 34 heavy (non-hydrogen) atoms. The Morgan fingerprint density at radius 3 is 1.79 bits per heavy atom. The van der Waals surface area contributed by atoms with Crippen molar-refractivity contribution in [3.63, 3.8) is 0 Å². The highest BCUT2D eigenvalue weighted by molar-refractivity contribution is 5.94. The second-order valence-corrected chi connectivity index (χ2v) is 12.7. The average Bonchev–Trinajstić information content (AvgIpc) is 2.63. The van der Waals surface area contributed by atoms with Crippen molar-refractivity contribution in [3.8, 4) is 17.2 Å². The summed E-state index contributed by atoms with van der Waals surface area (Å²) in [5.41, 5.74) is 1.22. The molecule has 5 heteroatoms. The van der Waals surface area contributed by atoms with Crippen LogP contribution in [-0.4, -0.2) is 17.5 Å². The standard InChI is InChI=1S/C29H34O5/c1-26(2,3)15-16-9-11-18-20(13-16)32-24(30)22-28(18,7)23-25(31)33-21-14-17(34-27(4,5)6)10-12-19(21)29(22,23)8/h9-14,22-23H,15H2,1-8H3. The van der Waals surface area contributed by atoms with Gasteiger partial charge in [-0.15, -0.1) is 0 Å². The molecule has 0 aromatic heterocycles. The first-order valence-corrected chi connectivity index (χ1v) is 12.0. The number of carbonyl (C=O) groups excluding carboxylic acids is 2. The molecule has 0 spiro atoms. The molecule has 4 atom stereocenters. The number of esters is 2. The number of rotatable bonds is 2. The van der Waals surface area contributed by atoms with E-state index in [1.807, 2.05) is 58.9 Å². The van der Waals surface area contributed by atoms with Gasteiger partial charge < -0.3 is 14.2 Å². The SMILES string of the molecule is CC(C)(C)Cc1ccc2c(c1)OC(=O)C1C2(C)C2C(=O)Oc3cc(OC(C)(C)C)ccc3C12C. The highest BCUT2D eigenvalue weighted by Gasteiger charge is 2.77. The van der Waals surface area contributed by atoms with Gasteiger partial charge in [0.2, 0.25) is 0 Å². The van der Waals surface area contributed by atoms with Crippen molar-refractivity contribution < 1.29 is 23.8 Å². The van der Waals surface area contributed by atoms with E-state index in [9.17, 15) is 9.59 Å². The molecule has 2 aromatic rings. The van der Waals surface area contributed by atoms with E-state index in [2.05, 4.69) is 26.8 Å². The van der Waals surface area contributed by atoms with Crippen molar-refractivity contribution >= 4 is 11.9 Å². The van der Waals surface area contributed by atoms with E-state index in [0.717, 1.165) is 23.1 Å². The van der Waals surface area contributed by atoms with Crippen LogP contribution >= 0.6 is 0 Å². The fourth-order valence-electron chi connectivity index (χ4n) is 6.69. The predicted octanol–water partition coefficient (Wildman–Crippen LogP) is 5.75. The van der Waals surface area contributed by atoms with Crippen LogP contribution in [0.1, 0.15) is 72.1 Å². The van der Waals surface area contributed by atoms with Crippen LogP contribution in [-0.2, 0) is 26.8 Å². The summed E-state index contributed by atoms with van der Waals surface area (Å²) >= 11 is 0. The van der Waals surface area contributed by atoms with E-state index in [1.54, 1.807) is 6.07 Å². The van der Waals surface area contributed by atoms with E-state index < -0.39 is 22.7 Å². The zero-order valence-electron chi connectivity index (χ0n) is 21.4. The highest BCUT2D eigenvalue weighted by atomic mass is 16.5. The lowest BCUT2D eigenvalue weighted by molar-refractivity contribution is -0.184. The summed E-state index contributed by atoms with van der Waals surface area (Å²) in [6, 6.07) is 11.7. The van der Waals surface area contributed by atoms with E-state index in [1.165, 1.54) is 0 Å². The Kier molecular flexibility index (Phi) is 4.63. The minimum atomic E-state index is -0.710. The van der Waals surface area contributed by atoms with Crippen LogP contribution in [0.3, 0.4) is 0 Å². The first-order chi connectivity index (χ1) is 15.6. The van der Waals surface area contributed by atoms with Crippen molar-refractivity contribution in [2.24, 2.45) is 17.3 Å². The van der Waals surface area contributed by atoms with Gasteiger partial charge >= 0.3 is 11.9 Å². The molecule has 0 bridgehead atoms. The van der Waals surface area contributed by atoms with Gasteiger partial charge in [-0.3, -0.25) is 9.59 Å². The second kappa shape index (κ2) is 6.87. The lowest BCUT2D eigenvalue weighted by Crippen LogP contribution is -2.75. The van der Waals surface area contributed by atoms with Gasteiger partial charge in [0, 0.05) is 28.0 Å². The minimum Gasteiger partial charge on any atom is -0.488 e. The third kappa shape index (κ3) is 3.19. The summed E-state index contributed by atoms with van der Waals surface area (Å²) in [6.07, 6.45) is 0.869. The largest absolute Gasteiger partial charge is 0.488 e. The third-order valence-electron chi connectivity index (χ3n) is 7.61. The molecule has 4 unspecified atom stereocenters. The van der Waals surface area contributed by atoms with E-state index in [0.29, 0.717) is 17.2 Å². The second-order valence-electron chi connectivity index (χ2n) is 12.7. The zero-order valence-corrected chi connectivity index (χ0v) is 21.4. The minimum absolute atomic E-state index is 0.112. The maximum atomic E-state index is 13.5. The molecule has 3 aliphatic rings. The zero-order chi connectivity index (χ0) is 24.8. The van der Waals surface area contributed by atoms with Gasteiger partial charge in [0.25, 0.3) is 0 Å². The van der Waals surface area contributed by atoms with Gasteiger partial charge in [-0.1, -0.05) is 52.8 Å². The maximum Gasteiger partial charge on any atom is 0.316 e. The van der Waals surface area contributed by atoms with E-state index in [-0.39, 0.29) is 23.0 Å². The normalized spacial score (nSPS) is 29.5.